The van der Waals surface area contributed by atoms with E-state index in [4.69, 9.17) is 16.7 Å². The Morgan fingerprint density at radius 3 is 2.41 bits per heavy atom. The first-order valence-electron chi connectivity index (χ1n) is 5.26. The summed E-state index contributed by atoms with van der Waals surface area (Å²) in [5, 5.41) is 9.28. The Labute approximate surface area is 107 Å². The Morgan fingerprint density at radius 2 is 1.94 bits per heavy atom. The monoisotopic (exact) mass is 277 g/mol. The van der Waals surface area contributed by atoms with Gasteiger partial charge in [0.1, 0.15) is 4.90 Å². The highest BCUT2D eigenvalue weighted by atomic mass is 35.5. The Balaban J connectivity index is 3.01. The predicted molar refractivity (Wildman–Crippen MR) is 67.5 cm³/mol. The molecule has 1 aromatic rings. The fourth-order valence-electron chi connectivity index (χ4n) is 1.31. The first-order valence-corrected chi connectivity index (χ1v) is 7.12. The van der Waals surface area contributed by atoms with Crippen LogP contribution in [0.1, 0.15) is 13.8 Å². The number of rotatable bonds is 5. The van der Waals surface area contributed by atoms with E-state index in [-0.39, 0.29) is 22.4 Å². The summed E-state index contributed by atoms with van der Waals surface area (Å²) in [6, 6.07) is 5.69. The average molecular weight is 278 g/mol. The molecule has 0 amide bonds. The zero-order chi connectivity index (χ0) is 13.1. The Morgan fingerprint density at radius 1 is 1.35 bits per heavy atom. The molecule has 1 rings (SSSR count). The van der Waals surface area contributed by atoms with Crippen LogP contribution in [0.15, 0.2) is 29.2 Å². The molecular formula is C11H16ClNO3S. The van der Waals surface area contributed by atoms with E-state index in [9.17, 15) is 8.42 Å². The van der Waals surface area contributed by atoms with Crippen LogP contribution in [0.5, 0.6) is 0 Å². The van der Waals surface area contributed by atoms with E-state index in [1.807, 2.05) is 13.8 Å². The van der Waals surface area contributed by atoms with Crippen molar-refractivity contribution in [3.8, 4) is 0 Å². The maximum absolute atomic E-state index is 12.0. The minimum atomic E-state index is -3.69. The lowest BCUT2D eigenvalue weighted by Gasteiger charge is -2.20. The molecule has 0 bridgehead atoms. The zero-order valence-corrected chi connectivity index (χ0v) is 11.3. The molecule has 17 heavy (non-hydrogen) atoms. The van der Waals surface area contributed by atoms with Gasteiger partial charge in [0.15, 0.2) is 0 Å². The van der Waals surface area contributed by atoms with E-state index in [0.29, 0.717) is 0 Å². The second kappa shape index (κ2) is 5.82. The first kappa shape index (κ1) is 14.4. The van der Waals surface area contributed by atoms with E-state index in [1.54, 1.807) is 12.1 Å². The highest BCUT2D eigenvalue weighted by Gasteiger charge is 2.23. The molecule has 0 heterocycles. The van der Waals surface area contributed by atoms with Gasteiger partial charge in [0.05, 0.1) is 11.6 Å². The highest BCUT2D eigenvalue weighted by molar-refractivity contribution is 7.89. The molecule has 6 heteroatoms. The fourth-order valence-corrected chi connectivity index (χ4v) is 3.20. The molecule has 0 aliphatic heterocycles. The normalized spacial score (nSPS) is 13.9. The van der Waals surface area contributed by atoms with E-state index in [2.05, 4.69) is 4.72 Å². The molecule has 4 nitrogen and oxygen atoms in total. The molecule has 1 aromatic carbocycles. The molecule has 0 fully saturated rings. The van der Waals surface area contributed by atoms with Crippen molar-refractivity contribution < 1.29 is 13.5 Å². The van der Waals surface area contributed by atoms with Gasteiger partial charge in [-0.15, -0.1) is 0 Å². The van der Waals surface area contributed by atoms with Gasteiger partial charge in [-0.05, 0) is 18.1 Å². The summed E-state index contributed by atoms with van der Waals surface area (Å²) >= 11 is 5.83. The van der Waals surface area contributed by atoms with Crippen molar-refractivity contribution in [2.45, 2.75) is 24.8 Å². The summed E-state index contributed by atoms with van der Waals surface area (Å²) in [6.45, 7) is 3.41. The average Bonchev–Trinajstić information content (AvgIpc) is 2.26. The number of benzene rings is 1. The SMILES string of the molecule is CC(C)C(CO)NS(=O)(=O)c1ccccc1Cl. The Bertz CT molecular complexity index is 473. The van der Waals surface area contributed by atoms with Crippen LogP contribution in [0.2, 0.25) is 5.02 Å². The van der Waals surface area contributed by atoms with Crippen molar-refractivity contribution in [2.75, 3.05) is 6.61 Å². The number of nitrogens with one attached hydrogen (secondary N) is 1. The van der Waals surface area contributed by atoms with Crippen LogP contribution in [0.4, 0.5) is 0 Å². The van der Waals surface area contributed by atoms with Crippen molar-refractivity contribution in [1.82, 2.24) is 4.72 Å². The number of sulfonamides is 1. The molecule has 0 spiro atoms. The number of hydrogen-bond donors (Lipinski definition) is 2. The van der Waals surface area contributed by atoms with Gasteiger partial charge in [-0.3, -0.25) is 0 Å². The molecule has 0 radical (unpaired) electrons. The largest absolute Gasteiger partial charge is 0.395 e. The number of hydrogen-bond acceptors (Lipinski definition) is 3. The Kier molecular flexibility index (Phi) is 4.94. The molecule has 0 saturated heterocycles. The maximum Gasteiger partial charge on any atom is 0.242 e. The minimum absolute atomic E-state index is 0.00253. The topological polar surface area (TPSA) is 66.4 Å². The number of halogens is 1. The standard InChI is InChI=1S/C11H16ClNO3S/c1-8(2)10(7-14)13-17(15,16)11-6-4-3-5-9(11)12/h3-6,8,10,13-14H,7H2,1-2H3. The second-order valence-electron chi connectivity index (χ2n) is 4.08. The lowest BCUT2D eigenvalue weighted by atomic mass is 10.1. The Hall–Kier alpha value is -0.620. The predicted octanol–water partition coefficient (Wildman–Crippen LogP) is 1.64. The van der Waals surface area contributed by atoms with Crippen molar-refractivity contribution >= 4 is 21.6 Å². The van der Waals surface area contributed by atoms with Crippen molar-refractivity contribution in [1.29, 1.82) is 0 Å². The van der Waals surface area contributed by atoms with Gasteiger partial charge in [0.25, 0.3) is 0 Å². The minimum Gasteiger partial charge on any atom is -0.395 e. The summed E-state index contributed by atoms with van der Waals surface area (Å²) in [5.74, 6) is -0.00253. The van der Waals surface area contributed by atoms with E-state index >= 15 is 0 Å². The van der Waals surface area contributed by atoms with E-state index in [1.165, 1.54) is 12.1 Å². The third kappa shape index (κ3) is 3.67. The van der Waals surface area contributed by atoms with Crippen LogP contribution in [0, 0.1) is 5.92 Å². The van der Waals surface area contributed by atoms with Gasteiger partial charge in [-0.25, -0.2) is 13.1 Å². The molecule has 0 aromatic heterocycles. The summed E-state index contributed by atoms with van der Waals surface area (Å²) in [7, 11) is -3.69. The van der Waals surface area contributed by atoms with Crippen LogP contribution in [0.25, 0.3) is 0 Å². The molecule has 0 saturated carbocycles. The van der Waals surface area contributed by atoms with E-state index in [0.717, 1.165) is 0 Å². The quantitative estimate of drug-likeness (QED) is 0.860. The summed E-state index contributed by atoms with van der Waals surface area (Å²) in [6.07, 6.45) is 0. The third-order valence-electron chi connectivity index (χ3n) is 2.43. The molecule has 1 atom stereocenters. The molecular weight excluding hydrogens is 262 g/mol. The van der Waals surface area contributed by atoms with Crippen molar-refractivity contribution in [3.05, 3.63) is 29.3 Å². The highest BCUT2D eigenvalue weighted by Crippen LogP contribution is 2.21. The molecule has 2 N–H and O–H groups in total. The number of aliphatic hydroxyl groups is 1. The molecule has 1 unspecified atom stereocenters. The van der Waals surface area contributed by atoms with Gasteiger partial charge in [-0.1, -0.05) is 37.6 Å². The van der Waals surface area contributed by atoms with Crippen LogP contribution in [0.3, 0.4) is 0 Å². The van der Waals surface area contributed by atoms with Crippen LogP contribution >= 0.6 is 11.6 Å². The van der Waals surface area contributed by atoms with Gasteiger partial charge in [-0.2, -0.15) is 0 Å². The van der Waals surface area contributed by atoms with Gasteiger partial charge in [0, 0.05) is 6.04 Å². The lowest BCUT2D eigenvalue weighted by Crippen LogP contribution is -2.41. The van der Waals surface area contributed by atoms with Crippen LogP contribution in [-0.2, 0) is 10.0 Å². The van der Waals surface area contributed by atoms with Gasteiger partial charge >= 0.3 is 0 Å². The summed E-state index contributed by atoms with van der Waals surface area (Å²) in [5.41, 5.74) is 0. The van der Waals surface area contributed by atoms with E-state index < -0.39 is 16.1 Å². The second-order valence-corrected chi connectivity index (χ2v) is 6.17. The molecule has 96 valence electrons. The van der Waals surface area contributed by atoms with Crippen LogP contribution < -0.4 is 4.72 Å². The summed E-state index contributed by atoms with van der Waals surface area (Å²) in [4.78, 5) is 0.0285. The first-order chi connectivity index (χ1) is 7.88. The van der Waals surface area contributed by atoms with Gasteiger partial charge in [0.2, 0.25) is 10.0 Å². The maximum atomic E-state index is 12.0. The van der Waals surface area contributed by atoms with Gasteiger partial charge < -0.3 is 5.11 Å². The fraction of sp³-hybridized carbons (Fsp3) is 0.455. The van der Waals surface area contributed by atoms with Crippen molar-refractivity contribution in [2.24, 2.45) is 5.92 Å². The lowest BCUT2D eigenvalue weighted by molar-refractivity contribution is 0.227. The molecule has 0 aliphatic rings. The third-order valence-corrected chi connectivity index (χ3v) is 4.42. The summed E-state index contributed by atoms with van der Waals surface area (Å²) < 4.78 is 26.5. The smallest absolute Gasteiger partial charge is 0.242 e. The zero-order valence-electron chi connectivity index (χ0n) is 9.72. The van der Waals surface area contributed by atoms with Crippen LogP contribution in [-0.4, -0.2) is 26.2 Å². The van der Waals surface area contributed by atoms with Crippen molar-refractivity contribution in [3.63, 3.8) is 0 Å². The molecule has 0 aliphatic carbocycles. The number of aliphatic hydroxyl groups excluding tert-OH is 1.